The quantitative estimate of drug-likeness (QED) is 0.678. The second kappa shape index (κ2) is 6.62. The average Bonchev–Trinajstić information content (AvgIpc) is 3.00. The maximum Gasteiger partial charge on any atom is 0.276 e. The summed E-state index contributed by atoms with van der Waals surface area (Å²) in [6.07, 6.45) is 0.844. The van der Waals surface area contributed by atoms with E-state index in [0.717, 1.165) is 24.2 Å². The van der Waals surface area contributed by atoms with Gasteiger partial charge in [0.2, 0.25) is 0 Å². The molecule has 0 fully saturated rings. The van der Waals surface area contributed by atoms with Crippen molar-refractivity contribution in [3.8, 4) is 0 Å². The molecule has 0 saturated heterocycles. The molecule has 0 atom stereocenters. The third-order valence-corrected chi connectivity index (χ3v) is 3.76. The zero-order chi connectivity index (χ0) is 16.2. The van der Waals surface area contributed by atoms with Crippen molar-refractivity contribution in [2.45, 2.75) is 19.9 Å². The Bertz CT molecular complexity index is 721. The first-order valence-electron chi connectivity index (χ1n) is 7.65. The van der Waals surface area contributed by atoms with E-state index in [1.165, 1.54) is 0 Å². The lowest BCUT2D eigenvalue weighted by molar-refractivity contribution is 0.0955. The van der Waals surface area contributed by atoms with Gasteiger partial charge in [0.05, 0.1) is 0 Å². The molecule has 2 aromatic rings. The van der Waals surface area contributed by atoms with Crippen LogP contribution in [0.1, 0.15) is 39.0 Å². The van der Waals surface area contributed by atoms with E-state index >= 15 is 0 Å². The van der Waals surface area contributed by atoms with E-state index in [1.54, 1.807) is 24.3 Å². The monoisotopic (exact) mass is 313 g/mol. The van der Waals surface area contributed by atoms with Crippen LogP contribution in [0.4, 0.5) is 5.69 Å². The molecule has 120 valence electrons. The van der Waals surface area contributed by atoms with Crippen molar-refractivity contribution in [1.29, 1.82) is 0 Å². The Balaban J connectivity index is 1.71. The van der Waals surface area contributed by atoms with E-state index in [9.17, 15) is 9.59 Å². The van der Waals surface area contributed by atoms with Gasteiger partial charge in [0.15, 0.2) is 5.69 Å². The Hall–Kier alpha value is -2.67. The molecule has 3 rings (SSSR count). The third kappa shape index (κ3) is 3.24. The van der Waals surface area contributed by atoms with Crippen LogP contribution in [0.15, 0.2) is 24.3 Å². The Morgan fingerprint density at radius 2 is 2.00 bits per heavy atom. The van der Waals surface area contributed by atoms with Crippen molar-refractivity contribution >= 4 is 17.5 Å². The Morgan fingerprint density at radius 1 is 1.22 bits per heavy atom. The molecule has 0 spiro atoms. The van der Waals surface area contributed by atoms with Gasteiger partial charge in [-0.25, -0.2) is 0 Å². The molecule has 1 aromatic heterocycles. The number of nitrogens with one attached hydrogen (secondary N) is 4. The highest BCUT2D eigenvalue weighted by molar-refractivity contribution is 6.04. The van der Waals surface area contributed by atoms with Crippen LogP contribution in [-0.2, 0) is 13.0 Å². The van der Waals surface area contributed by atoms with Crippen LogP contribution in [0.3, 0.4) is 0 Å². The standard InChI is InChI=1S/C16H19N5O2/c1-2-18-15(22)10-3-5-11(6-4-10)19-16(23)14-12-9-17-8-7-13(12)20-21-14/h3-6,17H,2,7-9H2,1H3,(H,18,22)(H,19,23)(H,20,21). The number of amides is 2. The molecule has 0 radical (unpaired) electrons. The second-order valence-electron chi connectivity index (χ2n) is 5.35. The molecule has 2 heterocycles. The Labute approximate surface area is 133 Å². The summed E-state index contributed by atoms with van der Waals surface area (Å²) in [6, 6.07) is 6.78. The summed E-state index contributed by atoms with van der Waals surface area (Å²) in [5, 5.41) is 15.8. The molecule has 7 nitrogen and oxygen atoms in total. The summed E-state index contributed by atoms with van der Waals surface area (Å²) in [7, 11) is 0. The SMILES string of the molecule is CCNC(=O)c1ccc(NC(=O)c2n[nH]c3c2CNCC3)cc1. The molecule has 7 heteroatoms. The first-order valence-corrected chi connectivity index (χ1v) is 7.65. The summed E-state index contributed by atoms with van der Waals surface area (Å²) in [5.74, 6) is -0.380. The zero-order valence-corrected chi connectivity index (χ0v) is 12.9. The number of hydrogen-bond acceptors (Lipinski definition) is 4. The van der Waals surface area contributed by atoms with Gasteiger partial charge in [-0.2, -0.15) is 5.10 Å². The van der Waals surface area contributed by atoms with Crippen molar-refractivity contribution in [1.82, 2.24) is 20.8 Å². The highest BCUT2D eigenvalue weighted by Crippen LogP contribution is 2.17. The maximum absolute atomic E-state index is 12.4. The highest BCUT2D eigenvalue weighted by atomic mass is 16.2. The molecule has 2 amide bonds. The first-order chi connectivity index (χ1) is 11.2. The van der Waals surface area contributed by atoms with Crippen molar-refractivity contribution in [3.63, 3.8) is 0 Å². The summed E-state index contributed by atoms with van der Waals surface area (Å²) >= 11 is 0. The summed E-state index contributed by atoms with van der Waals surface area (Å²) in [4.78, 5) is 24.1. The Morgan fingerprint density at radius 3 is 2.74 bits per heavy atom. The van der Waals surface area contributed by atoms with E-state index < -0.39 is 0 Å². The van der Waals surface area contributed by atoms with Crippen molar-refractivity contribution in [3.05, 3.63) is 46.8 Å². The number of aromatic nitrogens is 2. The number of nitrogens with zero attached hydrogens (tertiary/aromatic N) is 1. The molecule has 23 heavy (non-hydrogen) atoms. The normalized spacial score (nSPS) is 13.3. The van der Waals surface area contributed by atoms with Crippen LogP contribution in [0.2, 0.25) is 0 Å². The zero-order valence-electron chi connectivity index (χ0n) is 12.9. The maximum atomic E-state index is 12.4. The number of anilines is 1. The van der Waals surface area contributed by atoms with Crippen molar-refractivity contribution in [2.24, 2.45) is 0 Å². The van der Waals surface area contributed by atoms with Gasteiger partial charge in [-0.3, -0.25) is 14.7 Å². The first kappa shape index (κ1) is 15.2. The number of hydrogen-bond donors (Lipinski definition) is 4. The predicted molar refractivity (Wildman–Crippen MR) is 86.4 cm³/mol. The van der Waals surface area contributed by atoms with Crippen molar-refractivity contribution in [2.75, 3.05) is 18.4 Å². The van der Waals surface area contributed by atoms with Gasteiger partial charge in [-0.15, -0.1) is 0 Å². The van der Waals surface area contributed by atoms with Gasteiger partial charge in [-0.05, 0) is 31.2 Å². The van der Waals surface area contributed by atoms with Crippen LogP contribution in [0.5, 0.6) is 0 Å². The largest absolute Gasteiger partial charge is 0.352 e. The molecule has 0 unspecified atom stereocenters. The molecule has 1 aliphatic rings. The van der Waals surface area contributed by atoms with Gasteiger partial charge < -0.3 is 16.0 Å². The topological polar surface area (TPSA) is 98.9 Å². The lowest BCUT2D eigenvalue weighted by Gasteiger charge is -2.13. The molecule has 0 saturated carbocycles. The number of H-pyrrole nitrogens is 1. The lowest BCUT2D eigenvalue weighted by atomic mass is 10.1. The fraction of sp³-hybridized carbons (Fsp3) is 0.312. The number of carbonyl (C=O) groups excluding carboxylic acids is 2. The van der Waals surface area contributed by atoms with Crippen molar-refractivity contribution < 1.29 is 9.59 Å². The minimum atomic E-state index is -0.253. The van der Waals surface area contributed by atoms with Gasteiger partial charge in [-0.1, -0.05) is 0 Å². The fourth-order valence-electron chi connectivity index (χ4n) is 2.57. The van der Waals surface area contributed by atoms with Gasteiger partial charge in [0.25, 0.3) is 11.8 Å². The van der Waals surface area contributed by atoms with E-state index in [0.29, 0.717) is 30.0 Å². The second-order valence-corrected chi connectivity index (χ2v) is 5.35. The summed E-state index contributed by atoms with van der Waals surface area (Å²) in [6.45, 7) is 3.98. The van der Waals surface area contributed by atoms with Gasteiger partial charge in [0, 0.05) is 48.6 Å². The van der Waals surface area contributed by atoms with Crippen LogP contribution >= 0.6 is 0 Å². The molecular formula is C16H19N5O2. The van der Waals surface area contributed by atoms with Gasteiger partial charge >= 0.3 is 0 Å². The van der Waals surface area contributed by atoms with Crippen LogP contribution in [0, 0.1) is 0 Å². The minimum absolute atomic E-state index is 0.127. The fourth-order valence-corrected chi connectivity index (χ4v) is 2.57. The number of carbonyl (C=O) groups is 2. The van der Waals surface area contributed by atoms with Crippen LogP contribution in [0.25, 0.3) is 0 Å². The Kier molecular flexibility index (Phi) is 4.38. The molecular weight excluding hydrogens is 294 g/mol. The van der Waals surface area contributed by atoms with E-state index in [4.69, 9.17) is 0 Å². The van der Waals surface area contributed by atoms with E-state index in [-0.39, 0.29) is 11.8 Å². The number of benzene rings is 1. The predicted octanol–water partition coefficient (Wildman–Crippen LogP) is 1.06. The highest BCUT2D eigenvalue weighted by Gasteiger charge is 2.21. The lowest BCUT2D eigenvalue weighted by Crippen LogP contribution is -2.25. The smallest absolute Gasteiger partial charge is 0.276 e. The molecule has 0 aliphatic carbocycles. The number of aromatic amines is 1. The average molecular weight is 313 g/mol. The minimum Gasteiger partial charge on any atom is -0.352 e. The summed E-state index contributed by atoms with van der Waals surface area (Å²) in [5.41, 5.74) is 3.54. The van der Waals surface area contributed by atoms with Crippen LogP contribution in [-0.4, -0.2) is 35.1 Å². The van der Waals surface area contributed by atoms with Crippen LogP contribution < -0.4 is 16.0 Å². The molecule has 1 aliphatic heterocycles. The van der Waals surface area contributed by atoms with E-state index in [1.807, 2.05) is 6.92 Å². The number of fused-ring (bicyclic) bond motifs is 1. The van der Waals surface area contributed by atoms with E-state index in [2.05, 4.69) is 26.1 Å². The molecule has 1 aromatic carbocycles. The third-order valence-electron chi connectivity index (χ3n) is 3.76. The van der Waals surface area contributed by atoms with Gasteiger partial charge in [0.1, 0.15) is 0 Å². The molecule has 0 bridgehead atoms. The summed E-state index contributed by atoms with van der Waals surface area (Å²) < 4.78 is 0. The number of rotatable bonds is 4. The molecule has 4 N–H and O–H groups in total.